The average molecular weight is 398 g/mol. The minimum atomic E-state index is -1.03. The molecule has 1 saturated heterocycles. The summed E-state index contributed by atoms with van der Waals surface area (Å²) in [6.07, 6.45) is 9.75. The van der Waals surface area contributed by atoms with E-state index in [0.717, 1.165) is 0 Å². The zero-order chi connectivity index (χ0) is 19.7. The molecule has 3 aromatic rings. The molecule has 4 heterocycles. The monoisotopic (exact) mass is 397 g/mol. The maximum absolute atomic E-state index is 12.2. The zero-order valence-electron chi connectivity index (χ0n) is 14.7. The SMILES string of the molecule is C#CC1(COC(=O)c2ccccn2)CCC(n2ccc3c(N)nc(Cl)nc32)O1. The van der Waals surface area contributed by atoms with Gasteiger partial charge in [0.15, 0.2) is 5.60 Å². The Balaban J connectivity index is 1.52. The number of carbonyl (C=O) groups is 1. The van der Waals surface area contributed by atoms with Crippen LogP contribution in [-0.4, -0.2) is 37.7 Å². The first kappa shape index (κ1) is 18.2. The number of hydrogen-bond donors (Lipinski definition) is 1. The Labute approximate surface area is 165 Å². The van der Waals surface area contributed by atoms with Gasteiger partial charge in [0, 0.05) is 12.4 Å². The molecular weight excluding hydrogens is 382 g/mol. The normalized spacial score (nSPS) is 21.5. The van der Waals surface area contributed by atoms with Crippen molar-refractivity contribution < 1.29 is 14.3 Å². The maximum atomic E-state index is 12.2. The standard InChI is InChI=1S/C19H16ClN5O3/c1-2-19(11-27-17(26)13-5-3-4-9-22-13)8-6-14(28-19)25-10-7-12-15(21)23-18(20)24-16(12)25/h1,3-5,7,9-10,14H,6,8,11H2,(H2,21,23,24). The minimum absolute atomic E-state index is 0.0513. The highest BCUT2D eigenvalue weighted by molar-refractivity contribution is 6.28. The second-order valence-electron chi connectivity index (χ2n) is 6.38. The van der Waals surface area contributed by atoms with Crippen LogP contribution in [0, 0.1) is 12.3 Å². The van der Waals surface area contributed by atoms with Gasteiger partial charge in [-0.3, -0.25) is 0 Å². The lowest BCUT2D eigenvalue weighted by Crippen LogP contribution is -2.34. The third-order valence-corrected chi connectivity index (χ3v) is 4.78. The van der Waals surface area contributed by atoms with Crippen molar-refractivity contribution in [2.45, 2.75) is 24.7 Å². The van der Waals surface area contributed by atoms with Gasteiger partial charge in [-0.1, -0.05) is 12.0 Å². The topological polar surface area (TPSA) is 105 Å². The van der Waals surface area contributed by atoms with Crippen LogP contribution in [0.4, 0.5) is 5.82 Å². The lowest BCUT2D eigenvalue weighted by Gasteiger charge is -2.24. The van der Waals surface area contributed by atoms with Gasteiger partial charge in [0.1, 0.15) is 30.0 Å². The van der Waals surface area contributed by atoms with Gasteiger partial charge < -0.3 is 19.8 Å². The summed E-state index contributed by atoms with van der Waals surface area (Å²) >= 11 is 5.93. The number of aromatic nitrogens is 4. The molecule has 28 heavy (non-hydrogen) atoms. The van der Waals surface area contributed by atoms with Crippen LogP contribution < -0.4 is 5.73 Å². The van der Waals surface area contributed by atoms with Gasteiger partial charge in [-0.15, -0.1) is 6.42 Å². The Morgan fingerprint density at radius 1 is 1.46 bits per heavy atom. The highest BCUT2D eigenvalue weighted by Crippen LogP contribution is 2.38. The molecule has 2 N–H and O–H groups in total. The quantitative estimate of drug-likeness (QED) is 0.409. The predicted molar refractivity (Wildman–Crippen MR) is 102 cm³/mol. The zero-order valence-corrected chi connectivity index (χ0v) is 15.5. The van der Waals surface area contributed by atoms with Crippen molar-refractivity contribution in [3.63, 3.8) is 0 Å². The molecule has 0 saturated carbocycles. The van der Waals surface area contributed by atoms with Crippen LogP contribution in [0.25, 0.3) is 11.0 Å². The lowest BCUT2D eigenvalue weighted by molar-refractivity contribution is -0.0678. The number of ether oxygens (including phenoxy) is 2. The van der Waals surface area contributed by atoms with Gasteiger partial charge in [-0.05, 0) is 42.6 Å². The van der Waals surface area contributed by atoms with Crippen molar-refractivity contribution in [2.75, 3.05) is 12.3 Å². The van der Waals surface area contributed by atoms with Crippen molar-refractivity contribution in [2.24, 2.45) is 0 Å². The summed E-state index contributed by atoms with van der Waals surface area (Å²) in [7, 11) is 0. The number of nitrogens with zero attached hydrogens (tertiary/aromatic N) is 4. The smallest absolute Gasteiger partial charge is 0.357 e. The molecule has 0 aromatic carbocycles. The summed E-state index contributed by atoms with van der Waals surface area (Å²) in [5.74, 6) is 2.37. The molecule has 1 aliphatic rings. The van der Waals surface area contributed by atoms with Crippen molar-refractivity contribution in [1.29, 1.82) is 0 Å². The number of terminal acetylenes is 1. The molecule has 4 rings (SSSR count). The number of nitrogens with two attached hydrogens (primary N) is 1. The van der Waals surface area contributed by atoms with E-state index in [1.54, 1.807) is 35.0 Å². The molecule has 0 amide bonds. The number of rotatable bonds is 4. The van der Waals surface area contributed by atoms with Crippen LogP contribution in [0.15, 0.2) is 36.7 Å². The van der Waals surface area contributed by atoms with Crippen molar-refractivity contribution >= 4 is 34.4 Å². The van der Waals surface area contributed by atoms with Crippen LogP contribution in [-0.2, 0) is 9.47 Å². The Hall–Kier alpha value is -3.15. The van der Waals surface area contributed by atoms with Gasteiger partial charge in [-0.25, -0.2) is 14.8 Å². The van der Waals surface area contributed by atoms with Crippen LogP contribution >= 0.6 is 11.6 Å². The third kappa shape index (κ3) is 3.26. The van der Waals surface area contributed by atoms with E-state index in [0.29, 0.717) is 29.7 Å². The number of carbonyl (C=O) groups excluding carboxylic acids is 1. The van der Waals surface area contributed by atoms with E-state index in [9.17, 15) is 4.79 Å². The number of nitrogen functional groups attached to an aromatic ring is 1. The molecular formula is C19H16ClN5O3. The Bertz CT molecular complexity index is 1080. The summed E-state index contributed by atoms with van der Waals surface area (Å²) < 4.78 is 13.3. The number of esters is 1. The number of halogens is 1. The molecule has 3 aromatic heterocycles. The average Bonchev–Trinajstić information content (AvgIpc) is 3.31. The first-order chi connectivity index (χ1) is 13.5. The summed E-state index contributed by atoms with van der Waals surface area (Å²) in [5, 5.41) is 0.725. The molecule has 8 nitrogen and oxygen atoms in total. The second kappa shape index (κ2) is 7.11. The van der Waals surface area contributed by atoms with E-state index in [-0.39, 0.29) is 17.6 Å². The largest absolute Gasteiger partial charge is 0.457 e. The highest BCUT2D eigenvalue weighted by atomic mass is 35.5. The van der Waals surface area contributed by atoms with Crippen LogP contribution in [0.1, 0.15) is 29.6 Å². The molecule has 2 atom stereocenters. The number of pyridine rings is 1. The second-order valence-corrected chi connectivity index (χ2v) is 6.72. The van der Waals surface area contributed by atoms with Crippen LogP contribution in [0.5, 0.6) is 0 Å². The minimum Gasteiger partial charge on any atom is -0.457 e. The van der Waals surface area contributed by atoms with Gasteiger partial charge in [0.2, 0.25) is 5.28 Å². The van der Waals surface area contributed by atoms with E-state index in [1.165, 1.54) is 6.20 Å². The summed E-state index contributed by atoms with van der Waals surface area (Å²) in [4.78, 5) is 24.3. The molecule has 0 aliphatic carbocycles. The van der Waals surface area contributed by atoms with Gasteiger partial charge >= 0.3 is 5.97 Å². The third-order valence-electron chi connectivity index (χ3n) is 4.61. The van der Waals surface area contributed by atoms with E-state index in [4.69, 9.17) is 33.2 Å². The van der Waals surface area contributed by atoms with Gasteiger partial charge in [0.25, 0.3) is 0 Å². The summed E-state index contributed by atoms with van der Waals surface area (Å²) in [6.45, 7) is -0.0769. The van der Waals surface area contributed by atoms with Crippen molar-refractivity contribution in [3.05, 3.63) is 47.6 Å². The number of anilines is 1. The fraction of sp³-hybridized carbons (Fsp3) is 0.263. The van der Waals surface area contributed by atoms with E-state index >= 15 is 0 Å². The molecule has 0 bridgehead atoms. The van der Waals surface area contributed by atoms with E-state index in [1.807, 2.05) is 0 Å². The molecule has 0 spiro atoms. The van der Waals surface area contributed by atoms with E-state index < -0.39 is 17.8 Å². The lowest BCUT2D eigenvalue weighted by atomic mass is 10.0. The molecule has 9 heteroatoms. The fourth-order valence-electron chi connectivity index (χ4n) is 3.19. The first-order valence-electron chi connectivity index (χ1n) is 8.55. The molecule has 1 fully saturated rings. The predicted octanol–water partition coefficient (Wildman–Crippen LogP) is 2.60. The molecule has 2 unspecified atom stereocenters. The summed E-state index contributed by atoms with van der Waals surface area (Å²) in [5.41, 5.74) is 5.63. The Morgan fingerprint density at radius 3 is 3.07 bits per heavy atom. The van der Waals surface area contributed by atoms with Crippen LogP contribution in [0.2, 0.25) is 5.28 Å². The highest BCUT2D eigenvalue weighted by Gasteiger charge is 2.41. The summed E-state index contributed by atoms with van der Waals surface area (Å²) in [6, 6.07) is 6.79. The van der Waals surface area contributed by atoms with E-state index in [2.05, 4.69) is 20.9 Å². The Kier molecular flexibility index (Phi) is 4.63. The van der Waals surface area contributed by atoms with Crippen molar-refractivity contribution in [1.82, 2.24) is 19.5 Å². The van der Waals surface area contributed by atoms with Gasteiger partial charge in [-0.2, -0.15) is 4.98 Å². The molecule has 142 valence electrons. The molecule has 1 aliphatic heterocycles. The first-order valence-corrected chi connectivity index (χ1v) is 8.92. The van der Waals surface area contributed by atoms with Crippen molar-refractivity contribution in [3.8, 4) is 12.3 Å². The Morgan fingerprint density at radius 2 is 2.32 bits per heavy atom. The maximum Gasteiger partial charge on any atom is 0.357 e. The number of fused-ring (bicyclic) bond motifs is 1. The fourth-order valence-corrected chi connectivity index (χ4v) is 3.36. The van der Waals surface area contributed by atoms with Gasteiger partial charge in [0.05, 0.1) is 5.39 Å². The molecule has 0 radical (unpaired) electrons. The number of hydrogen-bond acceptors (Lipinski definition) is 7. The van der Waals surface area contributed by atoms with Crippen LogP contribution in [0.3, 0.4) is 0 Å².